The lowest BCUT2D eigenvalue weighted by Crippen LogP contribution is -2.07. The third kappa shape index (κ3) is 3.99. The number of carbonyl (C=O) groups is 1. The molecule has 1 aromatic carbocycles. The molecule has 0 unspecified atom stereocenters. The smallest absolute Gasteiger partial charge is 0.248 e. The minimum atomic E-state index is -0.190. The first kappa shape index (κ1) is 13.4. The van der Waals surface area contributed by atoms with Crippen LogP contribution in [0.4, 0.5) is 5.69 Å². The minimum Gasteiger partial charge on any atom is -0.450 e. The summed E-state index contributed by atoms with van der Waals surface area (Å²) in [7, 11) is 0. The molecule has 0 saturated heterocycles. The van der Waals surface area contributed by atoms with Crippen LogP contribution in [0.2, 0.25) is 0 Å². The number of hydrogen-bond donors (Lipinski definition) is 1. The van der Waals surface area contributed by atoms with Crippen LogP contribution in [0.15, 0.2) is 51.6 Å². The zero-order valence-corrected chi connectivity index (χ0v) is 12.9. The van der Waals surface area contributed by atoms with Gasteiger partial charge >= 0.3 is 0 Å². The number of hydrogen-bond acceptors (Lipinski definition) is 2. The number of rotatable bonds is 3. The van der Waals surface area contributed by atoms with Gasteiger partial charge in [0.1, 0.15) is 5.76 Å². The second-order valence-corrected chi connectivity index (χ2v) is 5.50. The van der Waals surface area contributed by atoms with Gasteiger partial charge in [0.05, 0.1) is 0 Å². The molecule has 0 aliphatic rings. The van der Waals surface area contributed by atoms with Gasteiger partial charge in [-0.15, -0.1) is 0 Å². The third-order valence-electron chi connectivity index (χ3n) is 2.09. The average molecular weight is 418 g/mol. The first-order chi connectivity index (χ1) is 8.63. The van der Waals surface area contributed by atoms with Crippen LogP contribution in [-0.4, -0.2) is 5.91 Å². The topological polar surface area (TPSA) is 42.2 Å². The summed E-state index contributed by atoms with van der Waals surface area (Å²) in [5.41, 5.74) is 0.775. The Balaban J connectivity index is 1.98. The van der Waals surface area contributed by atoms with Gasteiger partial charge in [-0.1, -0.05) is 6.07 Å². The van der Waals surface area contributed by atoms with Gasteiger partial charge in [0, 0.05) is 15.3 Å². The van der Waals surface area contributed by atoms with Gasteiger partial charge in [-0.3, -0.25) is 4.79 Å². The van der Waals surface area contributed by atoms with Crippen LogP contribution in [0.1, 0.15) is 5.76 Å². The van der Waals surface area contributed by atoms with Crippen molar-refractivity contribution < 1.29 is 9.21 Å². The molecule has 0 radical (unpaired) electrons. The van der Waals surface area contributed by atoms with Gasteiger partial charge in [-0.05, 0) is 74.9 Å². The van der Waals surface area contributed by atoms with E-state index < -0.39 is 0 Å². The summed E-state index contributed by atoms with van der Waals surface area (Å²) in [6, 6.07) is 11.2. The van der Waals surface area contributed by atoms with Crippen molar-refractivity contribution in [1.82, 2.24) is 0 Å². The Labute approximate surface area is 127 Å². The third-order valence-corrected chi connectivity index (χ3v) is 3.18. The number of carbonyl (C=O) groups excluding carboxylic acids is 1. The minimum absolute atomic E-state index is 0.190. The van der Waals surface area contributed by atoms with Crippen LogP contribution in [0.25, 0.3) is 6.08 Å². The van der Waals surface area contributed by atoms with Gasteiger partial charge in [0.15, 0.2) is 4.67 Å². The summed E-state index contributed by atoms with van der Waals surface area (Å²) in [6.07, 6.45) is 3.05. The molecule has 5 heteroatoms. The van der Waals surface area contributed by atoms with E-state index in [4.69, 9.17) is 4.42 Å². The Kier molecular flexibility index (Phi) is 4.60. The highest BCUT2D eigenvalue weighted by Gasteiger charge is 1.99. The molecule has 0 saturated carbocycles. The van der Waals surface area contributed by atoms with Crippen molar-refractivity contribution in [2.75, 3.05) is 5.32 Å². The van der Waals surface area contributed by atoms with E-state index in [0.717, 1.165) is 9.26 Å². The standard InChI is InChI=1S/C13H9BrINO2/c14-12-6-4-11(18-12)5-7-13(17)16-10-3-1-2-9(15)8-10/h1-8H,(H,16,17)/b7-5+. The van der Waals surface area contributed by atoms with Crippen molar-refractivity contribution >= 4 is 56.2 Å². The SMILES string of the molecule is O=C(/C=C/c1ccc(Br)o1)Nc1cccc(I)c1. The highest BCUT2D eigenvalue weighted by molar-refractivity contribution is 14.1. The lowest BCUT2D eigenvalue weighted by molar-refractivity contribution is -0.111. The number of nitrogens with one attached hydrogen (secondary N) is 1. The molecule has 0 spiro atoms. The first-order valence-corrected chi connectivity index (χ1v) is 7.00. The molecule has 2 aromatic rings. The summed E-state index contributed by atoms with van der Waals surface area (Å²) in [6.45, 7) is 0. The molecule has 1 heterocycles. The monoisotopic (exact) mass is 417 g/mol. The molecule has 2 rings (SSSR count). The van der Waals surface area contributed by atoms with Gasteiger partial charge in [0.25, 0.3) is 0 Å². The van der Waals surface area contributed by atoms with E-state index in [2.05, 4.69) is 43.8 Å². The number of halogens is 2. The van der Waals surface area contributed by atoms with Gasteiger partial charge in [0.2, 0.25) is 5.91 Å². The summed E-state index contributed by atoms with van der Waals surface area (Å²) in [4.78, 5) is 11.7. The average Bonchev–Trinajstić information content (AvgIpc) is 2.73. The van der Waals surface area contributed by atoms with E-state index in [0.29, 0.717) is 10.4 Å². The van der Waals surface area contributed by atoms with Gasteiger partial charge in [-0.25, -0.2) is 0 Å². The maximum absolute atomic E-state index is 11.7. The van der Waals surface area contributed by atoms with Crippen LogP contribution in [0.3, 0.4) is 0 Å². The molecule has 18 heavy (non-hydrogen) atoms. The summed E-state index contributed by atoms with van der Waals surface area (Å²) >= 11 is 5.40. The Bertz CT molecular complexity index is 592. The highest BCUT2D eigenvalue weighted by Crippen LogP contribution is 2.15. The quantitative estimate of drug-likeness (QED) is 0.597. The molecule has 0 atom stereocenters. The normalized spacial score (nSPS) is 10.8. The molecular formula is C13H9BrINO2. The fraction of sp³-hybridized carbons (Fsp3) is 0. The first-order valence-electron chi connectivity index (χ1n) is 5.13. The zero-order chi connectivity index (χ0) is 13.0. The maximum atomic E-state index is 11.7. The number of amides is 1. The van der Waals surface area contributed by atoms with Crippen molar-refractivity contribution in [2.45, 2.75) is 0 Å². The molecule has 1 N–H and O–H groups in total. The van der Waals surface area contributed by atoms with Crippen molar-refractivity contribution in [3.05, 3.63) is 56.5 Å². The molecule has 0 aliphatic heterocycles. The Hall–Kier alpha value is -1.08. The van der Waals surface area contributed by atoms with Gasteiger partial charge < -0.3 is 9.73 Å². The van der Waals surface area contributed by atoms with E-state index in [9.17, 15) is 4.79 Å². The molecule has 3 nitrogen and oxygen atoms in total. The number of benzene rings is 1. The van der Waals surface area contributed by atoms with E-state index in [1.165, 1.54) is 6.08 Å². The zero-order valence-electron chi connectivity index (χ0n) is 9.19. The fourth-order valence-corrected chi connectivity index (χ4v) is 2.19. The summed E-state index contributed by atoms with van der Waals surface area (Å²) < 4.78 is 6.96. The lowest BCUT2D eigenvalue weighted by atomic mass is 10.3. The van der Waals surface area contributed by atoms with E-state index in [-0.39, 0.29) is 5.91 Å². The number of anilines is 1. The van der Waals surface area contributed by atoms with E-state index in [1.807, 2.05) is 24.3 Å². The van der Waals surface area contributed by atoms with E-state index >= 15 is 0 Å². The van der Waals surface area contributed by atoms with E-state index in [1.54, 1.807) is 18.2 Å². The number of furan rings is 1. The Morgan fingerprint density at radius 1 is 1.33 bits per heavy atom. The molecule has 0 aliphatic carbocycles. The summed E-state index contributed by atoms with van der Waals surface area (Å²) in [5, 5.41) is 2.78. The molecule has 0 bridgehead atoms. The largest absolute Gasteiger partial charge is 0.450 e. The second-order valence-electron chi connectivity index (χ2n) is 3.47. The lowest BCUT2D eigenvalue weighted by Gasteiger charge is -2.01. The van der Waals surface area contributed by atoms with Crippen LogP contribution in [-0.2, 0) is 4.79 Å². The van der Waals surface area contributed by atoms with Crippen molar-refractivity contribution in [1.29, 1.82) is 0 Å². The van der Waals surface area contributed by atoms with Crippen molar-refractivity contribution in [3.63, 3.8) is 0 Å². The molecule has 92 valence electrons. The van der Waals surface area contributed by atoms with Crippen LogP contribution in [0, 0.1) is 3.57 Å². The van der Waals surface area contributed by atoms with Crippen molar-refractivity contribution in [2.24, 2.45) is 0 Å². The molecule has 1 amide bonds. The van der Waals surface area contributed by atoms with Crippen LogP contribution >= 0.6 is 38.5 Å². The van der Waals surface area contributed by atoms with Gasteiger partial charge in [-0.2, -0.15) is 0 Å². The van der Waals surface area contributed by atoms with Crippen LogP contribution in [0.5, 0.6) is 0 Å². The highest BCUT2D eigenvalue weighted by atomic mass is 127. The van der Waals surface area contributed by atoms with Crippen molar-refractivity contribution in [3.8, 4) is 0 Å². The predicted molar refractivity (Wildman–Crippen MR) is 83.2 cm³/mol. The second kappa shape index (κ2) is 6.19. The molecule has 1 aromatic heterocycles. The molecule has 0 fully saturated rings. The predicted octanol–water partition coefficient (Wildman–Crippen LogP) is 4.30. The maximum Gasteiger partial charge on any atom is 0.248 e. The molecular weight excluding hydrogens is 409 g/mol. The summed E-state index contributed by atoms with van der Waals surface area (Å²) in [5.74, 6) is 0.434. The Morgan fingerprint density at radius 3 is 2.83 bits per heavy atom. The Morgan fingerprint density at radius 2 is 2.17 bits per heavy atom. The fourth-order valence-electron chi connectivity index (χ4n) is 1.33. The van der Waals surface area contributed by atoms with Crippen LogP contribution < -0.4 is 5.32 Å².